The third kappa shape index (κ3) is 3.78. The van der Waals surface area contributed by atoms with Crippen LogP contribution in [0.3, 0.4) is 0 Å². The number of aryl methyl sites for hydroxylation is 2. The molecule has 1 saturated carbocycles. The van der Waals surface area contributed by atoms with E-state index >= 15 is 0 Å². The van der Waals surface area contributed by atoms with E-state index in [1.54, 1.807) is 0 Å². The topological polar surface area (TPSA) is 54.9 Å². The van der Waals surface area contributed by atoms with Crippen molar-refractivity contribution in [2.45, 2.75) is 52.5 Å². The van der Waals surface area contributed by atoms with Crippen LogP contribution in [0.5, 0.6) is 0 Å². The average Bonchev–Trinajstić information content (AvgIpc) is 3.20. The minimum absolute atomic E-state index is 0.0485. The number of rotatable bonds is 5. The summed E-state index contributed by atoms with van der Waals surface area (Å²) >= 11 is 1.54. The highest BCUT2D eigenvalue weighted by atomic mass is 32.1. The Morgan fingerprint density at radius 1 is 1.35 bits per heavy atom. The van der Waals surface area contributed by atoms with Gasteiger partial charge in [-0.1, -0.05) is 6.07 Å². The molecular formula is C18H23N3OS. The maximum Gasteiger partial charge on any atom is 0.263 e. The van der Waals surface area contributed by atoms with Gasteiger partial charge in [0.25, 0.3) is 5.91 Å². The summed E-state index contributed by atoms with van der Waals surface area (Å²) in [6, 6.07) is 3.98. The van der Waals surface area contributed by atoms with Crippen molar-refractivity contribution in [1.82, 2.24) is 15.3 Å². The molecule has 1 N–H and O–H groups in total. The van der Waals surface area contributed by atoms with E-state index in [1.165, 1.54) is 24.2 Å². The number of nitrogens with zero attached hydrogens (tertiary/aromatic N) is 2. The first-order valence-corrected chi connectivity index (χ1v) is 8.89. The quantitative estimate of drug-likeness (QED) is 0.908. The van der Waals surface area contributed by atoms with E-state index in [1.807, 2.05) is 46.0 Å². The number of hydrogen-bond donors (Lipinski definition) is 1. The standard InChI is InChI=1S/C18H23N3OS/c1-11-5-8-14(10-19-11)18(3,4)21-17(22)16-12(2)20-15(23-16)9-13-6-7-13/h5,8,10,13H,6-7,9H2,1-4H3,(H,21,22). The first kappa shape index (κ1) is 16.1. The van der Waals surface area contributed by atoms with Gasteiger partial charge in [-0.25, -0.2) is 4.98 Å². The molecule has 23 heavy (non-hydrogen) atoms. The highest BCUT2D eigenvalue weighted by Gasteiger charge is 2.28. The van der Waals surface area contributed by atoms with Gasteiger partial charge in [-0.2, -0.15) is 0 Å². The van der Waals surface area contributed by atoms with Crippen LogP contribution in [0.15, 0.2) is 18.3 Å². The maximum absolute atomic E-state index is 12.7. The minimum Gasteiger partial charge on any atom is -0.342 e. The summed E-state index contributed by atoms with van der Waals surface area (Å²) < 4.78 is 0. The molecule has 0 aromatic carbocycles. The SMILES string of the molecule is Cc1ccc(C(C)(C)NC(=O)c2sc(CC3CC3)nc2C)cn1. The molecule has 0 unspecified atom stereocenters. The van der Waals surface area contributed by atoms with Crippen LogP contribution in [0.2, 0.25) is 0 Å². The number of carbonyl (C=O) groups excluding carboxylic acids is 1. The lowest BCUT2D eigenvalue weighted by atomic mass is 9.95. The van der Waals surface area contributed by atoms with Gasteiger partial charge in [-0.05, 0) is 58.1 Å². The Balaban J connectivity index is 1.74. The van der Waals surface area contributed by atoms with Crippen LogP contribution >= 0.6 is 11.3 Å². The third-order valence-electron chi connectivity index (χ3n) is 4.27. The molecule has 1 amide bonds. The summed E-state index contributed by atoms with van der Waals surface area (Å²) in [5.41, 5.74) is 2.34. The van der Waals surface area contributed by atoms with Crippen LogP contribution < -0.4 is 5.32 Å². The molecule has 0 bridgehead atoms. The van der Waals surface area contributed by atoms with Crippen LogP contribution in [-0.2, 0) is 12.0 Å². The Labute approximate surface area is 141 Å². The molecule has 1 fully saturated rings. The molecule has 1 aliphatic carbocycles. The monoisotopic (exact) mass is 329 g/mol. The fraction of sp³-hybridized carbons (Fsp3) is 0.500. The number of thiazole rings is 1. The van der Waals surface area contributed by atoms with Crippen LogP contribution in [0.25, 0.3) is 0 Å². The average molecular weight is 329 g/mol. The van der Waals surface area contributed by atoms with E-state index in [9.17, 15) is 4.79 Å². The normalized spacial score (nSPS) is 14.8. The fourth-order valence-corrected chi connectivity index (χ4v) is 3.64. The van der Waals surface area contributed by atoms with Crippen molar-refractivity contribution in [2.75, 3.05) is 0 Å². The second-order valence-corrected chi connectivity index (χ2v) is 8.02. The van der Waals surface area contributed by atoms with Crippen molar-refractivity contribution in [1.29, 1.82) is 0 Å². The number of amides is 1. The molecule has 0 saturated heterocycles. The van der Waals surface area contributed by atoms with Crippen LogP contribution in [-0.4, -0.2) is 15.9 Å². The van der Waals surface area contributed by atoms with Gasteiger partial charge < -0.3 is 5.32 Å². The van der Waals surface area contributed by atoms with Crippen LogP contribution in [0, 0.1) is 19.8 Å². The lowest BCUT2D eigenvalue weighted by Crippen LogP contribution is -2.41. The molecule has 0 spiro atoms. The first-order chi connectivity index (χ1) is 10.8. The number of carbonyl (C=O) groups is 1. The maximum atomic E-state index is 12.7. The zero-order valence-corrected chi connectivity index (χ0v) is 15.0. The second-order valence-electron chi connectivity index (χ2n) is 6.94. The Morgan fingerprint density at radius 3 is 2.70 bits per heavy atom. The lowest BCUT2D eigenvalue weighted by molar-refractivity contribution is 0.0915. The van der Waals surface area contributed by atoms with Crippen molar-refractivity contribution in [3.8, 4) is 0 Å². The Morgan fingerprint density at radius 2 is 2.09 bits per heavy atom. The Hall–Kier alpha value is -1.75. The Bertz CT molecular complexity index is 714. The van der Waals surface area contributed by atoms with Gasteiger partial charge >= 0.3 is 0 Å². The Kier molecular flexibility index (Phi) is 4.23. The first-order valence-electron chi connectivity index (χ1n) is 8.07. The van der Waals surface area contributed by atoms with Gasteiger partial charge in [-0.3, -0.25) is 9.78 Å². The summed E-state index contributed by atoms with van der Waals surface area (Å²) in [5.74, 6) is 0.735. The number of aromatic nitrogens is 2. The van der Waals surface area contributed by atoms with E-state index in [0.29, 0.717) is 0 Å². The number of hydrogen-bond acceptors (Lipinski definition) is 4. The van der Waals surface area contributed by atoms with Crippen molar-refractivity contribution >= 4 is 17.2 Å². The van der Waals surface area contributed by atoms with Crippen molar-refractivity contribution in [3.63, 3.8) is 0 Å². The molecular weight excluding hydrogens is 306 g/mol. The summed E-state index contributed by atoms with van der Waals surface area (Å²) in [7, 11) is 0. The molecule has 0 radical (unpaired) electrons. The molecule has 2 heterocycles. The van der Waals surface area contributed by atoms with E-state index < -0.39 is 5.54 Å². The van der Waals surface area contributed by atoms with Crippen LogP contribution in [0.1, 0.15) is 58.3 Å². The predicted molar refractivity (Wildman–Crippen MR) is 92.7 cm³/mol. The molecule has 2 aromatic heterocycles. The molecule has 5 heteroatoms. The lowest BCUT2D eigenvalue weighted by Gasteiger charge is -2.26. The number of pyridine rings is 1. The predicted octanol–water partition coefficient (Wildman–Crippen LogP) is 3.77. The molecule has 3 rings (SSSR count). The third-order valence-corrected chi connectivity index (χ3v) is 5.44. The van der Waals surface area contributed by atoms with E-state index in [0.717, 1.165) is 39.2 Å². The highest BCUT2D eigenvalue weighted by molar-refractivity contribution is 7.13. The molecule has 122 valence electrons. The minimum atomic E-state index is -0.467. The largest absolute Gasteiger partial charge is 0.342 e. The second kappa shape index (κ2) is 6.04. The molecule has 0 atom stereocenters. The van der Waals surface area contributed by atoms with Crippen molar-refractivity contribution < 1.29 is 4.79 Å². The molecule has 4 nitrogen and oxygen atoms in total. The van der Waals surface area contributed by atoms with E-state index in [-0.39, 0.29) is 5.91 Å². The fourth-order valence-electron chi connectivity index (χ4n) is 2.57. The molecule has 2 aromatic rings. The van der Waals surface area contributed by atoms with E-state index in [4.69, 9.17) is 0 Å². The summed E-state index contributed by atoms with van der Waals surface area (Å²) in [4.78, 5) is 22.3. The van der Waals surface area contributed by atoms with Crippen molar-refractivity contribution in [3.05, 3.63) is 45.2 Å². The van der Waals surface area contributed by atoms with Gasteiger partial charge in [0.2, 0.25) is 0 Å². The van der Waals surface area contributed by atoms with Gasteiger partial charge in [0.1, 0.15) is 4.88 Å². The summed E-state index contributed by atoms with van der Waals surface area (Å²) in [5, 5.41) is 4.21. The molecule has 0 aliphatic heterocycles. The van der Waals surface area contributed by atoms with Gasteiger partial charge in [-0.15, -0.1) is 11.3 Å². The zero-order valence-electron chi connectivity index (χ0n) is 14.1. The number of nitrogens with one attached hydrogen (secondary N) is 1. The molecule has 1 aliphatic rings. The van der Waals surface area contributed by atoms with Crippen molar-refractivity contribution in [2.24, 2.45) is 5.92 Å². The van der Waals surface area contributed by atoms with E-state index in [2.05, 4.69) is 15.3 Å². The van der Waals surface area contributed by atoms with Crippen LogP contribution in [0.4, 0.5) is 0 Å². The zero-order chi connectivity index (χ0) is 16.6. The van der Waals surface area contributed by atoms with Gasteiger partial charge in [0.05, 0.1) is 16.2 Å². The highest BCUT2D eigenvalue weighted by Crippen LogP contribution is 2.34. The van der Waals surface area contributed by atoms with Gasteiger partial charge in [0.15, 0.2) is 0 Å². The summed E-state index contributed by atoms with van der Waals surface area (Å²) in [6.07, 6.45) is 5.44. The smallest absolute Gasteiger partial charge is 0.263 e. The van der Waals surface area contributed by atoms with Gasteiger partial charge in [0, 0.05) is 18.3 Å². The summed E-state index contributed by atoms with van der Waals surface area (Å²) in [6.45, 7) is 7.87.